The number of carbonyl (C=O) groups excluding carboxylic acids is 1. The first-order chi connectivity index (χ1) is 11.7. The molecule has 1 aromatic heterocycles. The predicted octanol–water partition coefficient (Wildman–Crippen LogP) is 1.53. The molecule has 0 bridgehead atoms. The molecule has 0 atom stereocenters. The number of hydrogen-bond donors (Lipinski definition) is 0. The van der Waals surface area contributed by atoms with Gasteiger partial charge in [-0.2, -0.15) is 0 Å². The SMILES string of the molecule is Cn1ccnc1CN1CCCN(C(=O)COc2ccccc2)CC1. The molecule has 24 heavy (non-hydrogen) atoms. The van der Waals surface area contributed by atoms with Crippen LogP contribution in [0.3, 0.4) is 0 Å². The molecule has 1 saturated heterocycles. The molecule has 0 aliphatic carbocycles. The van der Waals surface area contributed by atoms with Gasteiger partial charge in [0.1, 0.15) is 11.6 Å². The van der Waals surface area contributed by atoms with Gasteiger partial charge in [0.15, 0.2) is 6.61 Å². The normalized spacial score (nSPS) is 16.0. The summed E-state index contributed by atoms with van der Waals surface area (Å²) in [5.74, 6) is 1.84. The van der Waals surface area contributed by atoms with Crippen molar-refractivity contribution in [1.29, 1.82) is 0 Å². The van der Waals surface area contributed by atoms with Crippen molar-refractivity contribution in [3.8, 4) is 5.75 Å². The van der Waals surface area contributed by atoms with Gasteiger partial charge in [-0.25, -0.2) is 4.98 Å². The van der Waals surface area contributed by atoms with E-state index < -0.39 is 0 Å². The highest BCUT2D eigenvalue weighted by atomic mass is 16.5. The van der Waals surface area contributed by atoms with E-state index in [-0.39, 0.29) is 12.5 Å². The highest BCUT2D eigenvalue weighted by Gasteiger charge is 2.20. The summed E-state index contributed by atoms with van der Waals surface area (Å²) in [4.78, 5) is 21.0. The monoisotopic (exact) mass is 328 g/mol. The molecule has 0 spiro atoms. The molecule has 1 amide bonds. The zero-order valence-corrected chi connectivity index (χ0v) is 14.1. The Morgan fingerprint density at radius 2 is 2.00 bits per heavy atom. The van der Waals surface area contributed by atoms with Crippen LogP contribution in [0.4, 0.5) is 0 Å². The summed E-state index contributed by atoms with van der Waals surface area (Å²) in [6.07, 6.45) is 4.76. The van der Waals surface area contributed by atoms with E-state index >= 15 is 0 Å². The first-order valence-electron chi connectivity index (χ1n) is 8.36. The van der Waals surface area contributed by atoms with E-state index in [2.05, 4.69) is 9.88 Å². The van der Waals surface area contributed by atoms with Gasteiger partial charge in [0, 0.05) is 45.6 Å². The molecule has 2 aromatic rings. The number of benzene rings is 1. The average Bonchev–Trinajstić information content (AvgIpc) is 2.86. The number of aromatic nitrogens is 2. The number of amides is 1. The minimum Gasteiger partial charge on any atom is -0.484 e. The maximum Gasteiger partial charge on any atom is 0.260 e. The molecule has 0 unspecified atom stereocenters. The number of rotatable bonds is 5. The lowest BCUT2D eigenvalue weighted by molar-refractivity contribution is -0.133. The van der Waals surface area contributed by atoms with Gasteiger partial charge in [-0.05, 0) is 18.6 Å². The third-order valence-corrected chi connectivity index (χ3v) is 4.33. The second kappa shape index (κ2) is 7.97. The molecule has 128 valence electrons. The maximum atomic E-state index is 12.4. The van der Waals surface area contributed by atoms with Gasteiger partial charge in [-0.15, -0.1) is 0 Å². The summed E-state index contributed by atoms with van der Waals surface area (Å²) >= 11 is 0. The Balaban J connectivity index is 1.48. The van der Waals surface area contributed by atoms with Crippen molar-refractivity contribution < 1.29 is 9.53 Å². The van der Waals surface area contributed by atoms with Crippen LogP contribution in [0.15, 0.2) is 42.7 Å². The van der Waals surface area contributed by atoms with E-state index in [0.717, 1.165) is 50.7 Å². The lowest BCUT2D eigenvalue weighted by atomic mass is 10.3. The van der Waals surface area contributed by atoms with Crippen molar-refractivity contribution in [1.82, 2.24) is 19.4 Å². The van der Waals surface area contributed by atoms with Gasteiger partial charge in [-0.3, -0.25) is 9.69 Å². The van der Waals surface area contributed by atoms with Crippen LogP contribution >= 0.6 is 0 Å². The largest absolute Gasteiger partial charge is 0.484 e. The predicted molar refractivity (Wildman–Crippen MR) is 91.6 cm³/mol. The van der Waals surface area contributed by atoms with Crippen LogP contribution in [0.2, 0.25) is 0 Å². The molecule has 1 aliphatic heterocycles. The zero-order chi connectivity index (χ0) is 16.8. The van der Waals surface area contributed by atoms with Crippen LogP contribution < -0.4 is 4.74 Å². The van der Waals surface area contributed by atoms with Gasteiger partial charge in [0.05, 0.1) is 6.54 Å². The van der Waals surface area contributed by atoms with Gasteiger partial charge in [0.25, 0.3) is 5.91 Å². The Morgan fingerprint density at radius 3 is 2.75 bits per heavy atom. The molecular formula is C18H24N4O2. The van der Waals surface area contributed by atoms with Gasteiger partial charge < -0.3 is 14.2 Å². The molecular weight excluding hydrogens is 304 g/mol. The minimum atomic E-state index is 0.0534. The summed E-state index contributed by atoms with van der Waals surface area (Å²) < 4.78 is 7.61. The van der Waals surface area contributed by atoms with E-state index in [1.54, 1.807) is 0 Å². The summed E-state index contributed by atoms with van der Waals surface area (Å²) in [6.45, 7) is 4.30. The first-order valence-corrected chi connectivity index (χ1v) is 8.36. The third-order valence-electron chi connectivity index (χ3n) is 4.33. The Kier molecular flexibility index (Phi) is 5.48. The number of nitrogens with zero attached hydrogens (tertiary/aromatic N) is 4. The maximum absolute atomic E-state index is 12.4. The van der Waals surface area contributed by atoms with Crippen LogP contribution in [0, 0.1) is 0 Å². The van der Waals surface area contributed by atoms with Gasteiger partial charge in [-0.1, -0.05) is 18.2 Å². The number of imidazole rings is 1. The van der Waals surface area contributed by atoms with Crippen molar-refractivity contribution in [2.75, 3.05) is 32.8 Å². The fourth-order valence-corrected chi connectivity index (χ4v) is 2.88. The number of ether oxygens (including phenoxy) is 1. The molecule has 1 fully saturated rings. The van der Waals surface area contributed by atoms with Gasteiger partial charge >= 0.3 is 0 Å². The van der Waals surface area contributed by atoms with Crippen molar-refractivity contribution in [3.63, 3.8) is 0 Å². The standard InChI is InChI=1S/C18H24N4O2/c1-20-11-8-19-17(20)14-21-9-5-10-22(13-12-21)18(23)15-24-16-6-3-2-4-7-16/h2-4,6-8,11H,5,9-10,12-15H2,1H3. The second-order valence-corrected chi connectivity index (χ2v) is 6.07. The molecule has 1 aromatic carbocycles. The Morgan fingerprint density at radius 1 is 1.17 bits per heavy atom. The third kappa shape index (κ3) is 4.35. The summed E-state index contributed by atoms with van der Waals surface area (Å²) in [7, 11) is 2.01. The molecule has 2 heterocycles. The Labute approximate surface area is 142 Å². The van der Waals surface area contributed by atoms with Crippen molar-refractivity contribution >= 4 is 5.91 Å². The summed E-state index contributed by atoms with van der Waals surface area (Å²) in [6, 6.07) is 9.47. The fourth-order valence-electron chi connectivity index (χ4n) is 2.88. The summed E-state index contributed by atoms with van der Waals surface area (Å²) in [5, 5.41) is 0. The molecule has 6 nitrogen and oxygen atoms in total. The van der Waals surface area contributed by atoms with Gasteiger partial charge in [0.2, 0.25) is 0 Å². The van der Waals surface area contributed by atoms with Crippen LogP contribution in [0.1, 0.15) is 12.2 Å². The van der Waals surface area contributed by atoms with Crippen molar-refractivity contribution in [2.45, 2.75) is 13.0 Å². The Bertz CT molecular complexity index is 656. The number of aryl methyl sites for hydroxylation is 1. The average molecular weight is 328 g/mol. The van der Waals surface area contributed by atoms with E-state index in [4.69, 9.17) is 4.74 Å². The highest BCUT2D eigenvalue weighted by molar-refractivity contribution is 5.77. The van der Waals surface area contributed by atoms with E-state index in [9.17, 15) is 4.79 Å². The van der Waals surface area contributed by atoms with Crippen LogP contribution in [0.5, 0.6) is 5.75 Å². The molecule has 1 aliphatic rings. The molecule has 0 radical (unpaired) electrons. The van der Waals surface area contributed by atoms with Crippen molar-refractivity contribution in [3.05, 3.63) is 48.5 Å². The first kappa shape index (κ1) is 16.5. The number of para-hydroxylation sites is 1. The van der Waals surface area contributed by atoms with E-state index in [1.807, 2.05) is 59.2 Å². The van der Waals surface area contributed by atoms with E-state index in [0.29, 0.717) is 0 Å². The lowest BCUT2D eigenvalue weighted by Gasteiger charge is -2.22. The molecule has 0 saturated carbocycles. The second-order valence-electron chi connectivity index (χ2n) is 6.07. The van der Waals surface area contributed by atoms with Crippen LogP contribution in [0.25, 0.3) is 0 Å². The molecule has 6 heteroatoms. The van der Waals surface area contributed by atoms with Crippen molar-refractivity contribution in [2.24, 2.45) is 7.05 Å². The quantitative estimate of drug-likeness (QED) is 0.835. The lowest BCUT2D eigenvalue weighted by Crippen LogP contribution is -2.38. The van der Waals surface area contributed by atoms with E-state index in [1.165, 1.54) is 0 Å². The molecule has 0 N–H and O–H groups in total. The smallest absolute Gasteiger partial charge is 0.260 e. The minimum absolute atomic E-state index is 0.0534. The summed E-state index contributed by atoms with van der Waals surface area (Å²) in [5.41, 5.74) is 0. The molecule has 3 rings (SSSR count). The van der Waals surface area contributed by atoms with Crippen LogP contribution in [-0.4, -0.2) is 58.0 Å². The number of hydrogen-bond acceptors (Lipinski definition) is 4. The topological polar surface area (TPSA) is 50.6 Å². The highest BCUT2D eigenvalue weighted by Crippen LogP contribution is 2.10. The van der Waals surface area contributed by atoms with Crippen LogP contribution in [-0.2, 0) is 18.4 Å². The fraction of sp³-hybridized carbons (Fsp3) is 0.444. The zero-order valence-electron chi connectivity index (χ0n) is 14.1. The number of carbonyl (C=O) groups is 1. The Hall–Kier alpha value is -2.34.